The van der Waals surface area contributed by atoms with Crippen molar-refractivity contribution in [2.45, 2.75) is 83.6 Å². The molecule has 4 heterocycles. The van der Waals surface area contributed by atoms with Gasteiger partial charge in [-0.1, -0.05) is 81.1 Å². The van der Waals surface area contributed by atoms with Crippen molar-refractivity contribution in [1.29, 1.82) is 5.26 Å². The van der Waals surface area contributed by atoms with Crippen LogP contribution in [0, 0.1) is 29.4 Å². The van der Waals surface area contributed by atoms with Gasteiger partial charge in [-0.05, 0) is 63.6 Å². The second kappa shape index (κ2) is 18.5. The fraction of sp³-hybridized carbons (Fsp3) is 0.259. The summed E-state index contributed by atoms with van der Waals surface area (Å²) in [5.41, 5.74) is 11.9. The zero-order valence-electron chi connectivity index (χ0n) is 37.1. The molecule has 9 rings (SSSR count). The Labute approximate surface area is 382 Å². The van der Waals surface area contributed by atoms with Gasteiger partial charge in [0, 0.05) is 32.0 Å². The number of hydrogen-bond donors (Lipinski definition) is 0. The Kier molecular flexibility index (Phi) is 13.3. The summed E-state index contributed by atoms with van der Waals surface area (Å²) in [4.78, 5) is 14.3. The second-order valence-corrected chi connectivity index (χ2v) is 28.7. The second-order valence-electron chi connectivity index (χ2n) is 18.1. The molecule has 0 bridgehead atoms. The van der Waals surface area contributed by atoms with Crippen LogP contribution in [-0.4, -0.2) is 32.8 Å². The van der Waals surface area contributed by atoms with E-state index in [4.69, 9.17) is 14.4 Å². The Hall–Kier alpha value is -5.39. The molecule has 0 saturated heterocycles. The number of furan rings is 1. The van der Waals surface area contributed by atoms with E-state index in [0.29, 0.717) is 41.3 Å². The number of para-hydroxylation sites is 2. The number of rotatable bonds is 9. The molecule has 0 unspecified atom stereocenters. The van der Waals surface area contributed by atoms with Crippen molar-refractivity contribution < 1.29 is 24.5 Å². The summed E-state index contributed by atoms with van der Waals surface area (Å²) in [5, 5.41) is 13.8. The molecule has 0 saturated carbocycles. The number of benzene rings is 5. The fourth-order valence-corrected chi connectivity index (χ4v) is 12.0. The van der Waals surface area contributed by atoms with E-state index in [2.05, 4.69) is 153 Å². The van der Waals surface area contributed by atoms with Gasteiger partial charge in [0.15, 0.2) is 0 Å². The fourth-order valence-electron chi connectivity index (χ4n) is 8.71. The van der Waals surface area contributed by atoms with Gasteiger partial charge in [-0.2, -0.15) is 5.26 Å². The number of pyridine rings is 2. The molecular formula is C54H53GeIrN5O-2. The number of aromatic nitrogens is 4. The van der Waals surface area contributed by atoms with Crippen molar-refractivity contribution in [3.63, 3.8) is 0 Å². The normalized spacial score (nSPS) is 11.7. The van der Waals surface area contributed by atoms with Crippen LogP contribution in [0.2, 0.25) is 17.3 Å². The minimum Gasteiger partial charge on any atom is -0.486 e. The van der Waals surface area contributed by atoms with Crippen molar-refractivity contribution in [3.8, 4) is 28.7 Å². The molecule has 6 nitrogen and oxygen atoms in total. The van der Waals surface area contributed by atoms with Gasteiger partial charge in [0.25, 0.3) is 0 Å². The van der Waals surface area contributed by atoms with Gasteiger partial charge in [-0.15, -0.1) is 18.2 Å². The maximum Gasteiger partial charge on any atom is 0.217 e. The maximum atomic E-state index is 9.38. The van der Waals surface area contributed by atoms with Crippen molar-refractivity contribution in [2.75, 3.05) is 0 Å². The third-order valence-electron chi connectivity index (χ3n) is 11.5. The van der Waals surface area contributed by atoms with Gasteiger partial charge in [-0.3, -0.25) is 4.98 Å². The predicted molar refractivity (Wildman–Crippen MR) is 255 cm³/mol. The van der Waals surface area contributed by atoms with Gasteiger partial charge in [0.05, 0.1) is 22.4 Å². The van der Waals surface area contributed by atoms with E-state index in [1.165, 1.54) is 33.0 Å². The summed E-state index contributed by atoms with van der Waals surface area (Å²) in [5.74, 6) is 9.50. The smallest absolute Gasteiger partial charge is 0.217 e. The molecule has 9 aromatic rings. The first-order chi connectivity index (χ1) is 29.3. The maximum absolute atomic E-state index is 9.38. The van der Waals surface area contributed by atoms with Crippen LogP contribution in [0.3, 0.4) is 0 Å². The molecule has 0 aliphatic carbocycles. The van der Waals surface area contributed by atoms with E-state index in [1.807, 2.05) is 42.5 Å². The Morgan fingerprint density at radius 1 is 0.774 bits per heavy atom. The monoisotopic (exact) mass is 1050 g/mol. The van der Waals surface area contributed by atoms with E-state index < -0.39 is 13.3 Å². The Balaban J connectivity index is 0.000000233. The van der Waals surface area contributed by atoms with Crippen LogP contribution in [0.4, 0.5) is 0 Å². The molecule has 0 aliphatic heterocycles. The largest absolute Gasteiger partial charge is 0.486 e. The van der Waals surface area contributed by atoms with Gasteiger partial charge < -0.3 is 8.98 Å². The first kappa shape index (κ1) is 44.7. The average Bonchev–Trinajstić information content (AvgIpc) is 3.81. The molecule has 62 heavy (non-hydrogen) atoms. The summed E-state index contributed by atoms with van der Waals surface area (Å²) >= 11 is -1.86. The molecule has 0 spiro atoms. The topological polar surface area (TPSA) is 80.5 Å². The van der Waals surface area contributed by atoms with E-state index in [9.17, 15) is 5.26 Å². The molecule has 0 fully saturated rings. The zero-order valence-corrected chi connectivity index (χ0v) is 41.6. The third-order valence-corrected chi connectivity index (χ3v) is 15.8. The molecule has 0 aliphatic rings. The van der Waals surface area contributed by atoms with Crippen LogP contribution >= 0.6 is 0 Å². The van der Waals surface area contributed by atoms with E-state index in [0.717, 1.165) is 50.9 Å². The Morgan fingerprint density at radius 2 is 1.53 bits per heavy atom. The number of fused-ring (bicyclic) bond motifs is 5. The molecule has 0 amide bonds. The number of nitriles is 1. The van der Waals surface area contributed by atoms with Crippen LogP contribution in [0.25, 0.3) is 66.5 Å². The van der Waals surface area contributed by atoms with Crippen LogP contribution in [-0.2, 0) is 33.1 Å². The minimum atomic E-state index is -1.86. The quantitative estimate of drug-likeness (QED) is 0.106. The third kappa shape index (κ3) is 8.93. The van der Waals surface area contributed by atoms with Gasteiger partial charge in [-0.25, -0.2) is 4.98 Å². The summed E-state index contributed by atoms with van der Waals surface area (Å²) in [6.07, 6.45) is 3.27. The van der Waals surface area contributed by atoms with Gasteiger partial charge in [0.2, 0.25) is 5.71 Å². The van der Waals surface area contributed by atoms with Crippen molar-refractivity contribution in [1.82, 2.24) is 19.5 Å². The number of imidazole rings is 1. The first-order valence-electron chi connectivity index (χ1n) is 21.4. The molecule has 0 N–H and O–H groups in total. The van der Waals surface area contributed by atoms with Crippen molar-refractivity contribution in [3.05, 3.63) is 155 Å². The number of nitrogens with zero attached hydrogens (tertiary/aromatic N) is 5. The molecular weight excluding hydrogens is 999 g/mol. The van der Waals surface area contributed by atoms with Crippen molar-refractivity contribution in [2.24, 2.45) is 5.92 Å². The summed E-state index contributed by atoms with van der Waals surface area (Å²) in [7, 11) is 0. The first-order valence-corrected chi connectivity index (χ1v) is 28.8. The Morgan fingerprint density at radius 3 is 2.24 bits per heavy atom. The molecule has 5 aromatic carbocycles. The minimum absolute atomic E-state index is 0. The Bertz CT molecular complexity index is 3080. The molecule has 315 valence electrons. The van der Waals surface area contributed by atoms with Crippen molar-refractivity contribution >= 4 is 61.5 Å². The van der Waals surface area contributed by atoms with Gasteiger partial charge >= 0.3 is 126 Å². The summed E-state index contributed by atoms with van der Waals surface area (Å²) in [6.45, 7) is 14.4. The van der Waals surface area contributed by atoms with E-state index in [1.54, 1.807) is 10.5 Å². The van der Waals surface area contributed by atoms with Crippen LogP contribution in [0.5, 0.6) is 0 Å². The molecule has 1 radical (unpaired) electrons. The molecule has 4 aromatic heterocycles. The SMILES string of the molecule is CC(C)Cc1cc(-c2[c-]cccc2)nc[c]1[Ge]([CH3])([CH3])[CH3].CC(C)c1cc2ccccc2c(C(C)C)c1Cn1c(-c2[c-]ccc3c2oc2nc(C#N)ccc23)nc2ccccc21.[Ir]. The van der Waals surface area contributed by atoms with E-state index in [-0.39, 0.29) is 20.1 Å². The van der Waals surface area contributed by atoms with Gasteiger partial charge in [0.1, 0.15) is 11.8 Å². The molecule has 0 atom stereocenters. The van der Waals surface area contributed by atoms with Crippen LogP contribution in [0.1, 0.15) is 81.3 Å². The van der Waals surface area contributed by atoms with E-state index >= 15 is 0 Å². The van der Waals surface area contributed by atoms with Crippen LogP contribution < -0.4 is 4.40 Å². The summed E-state index contributed by atoms with van der Waals surface area (Å²) in [6, 6.07) is 46.1. The zero-order chi connectivity index (χ0) is 43.0. The van der Waals surface area contributed by atoms with Crippen LogP contribution in [0.15, 0.2) is 120 Å². The average molecular weight is 1050 g/mol. The predicted octanol–water partition coefficient (Wildman–Crippen LogP) is 13.4. The molecule has 8 heteroatoms. The summed E-state index contributed by atoms with van der Waals surface area (Å²) < 4.78 is 10.2. The standard InChI is InChI=1S/C36H29N4O.C18H24GeN.Ir/c1-21(2)29-18-23-10-5-6-11-25(23)33(22(3)4)30(29)20-40-32-15-8-7-14-31(32)39-35(40)28-13-9-12-26-27-17-16-24(19-37)38-36(27)41-34(26)28;1-14(2)11-16-12-18(15-9-7-6-8-10-15)20-13-17(16)19(3,4)5;/h5-12,14-18,21-22H,20H2,1-4H3;6-9,12-14H,11H2,1-5H3;/q2*-1;. The number of hydrogen-bond acceptors (Lipinski definition) is 5.